The van der Waals surface area contributed by atoms with Gasteiger partial charge in [-0.05, 0) is 44.9 Å². The minimum Gasteiger partial charge on any atom is -0.487 e. The molecule has 1 saturated heterocycles. The van der Waals surface area contributed by atoms with E-state index >= 15 is 0 Å². The molecule has 7 heteroatoms. The molecule has 2 N–H and O–H groups in total. The van der Waals surface area contributed by atoms with Crippen LogP contribution in [0.5, 0.6) is 0 Å². The Labute approximate surface area is 162 Å². The fourth-order valence-corrected chi connectivity index (χ4v) is 3.77. The molecular weight excluding hydrogens is 358 g/mol. The number of H-pyrrole nitrogens is 1. The Morgan fingerprint density at radius 1 is 1.43 bits per heavy atom. The third-order valence-corrected chi connectivity index (χ3v) is 5.11. The molecule has 0 bridgehead atoms. The predicted octanol–water partition coefficient (Wildman–Crippen LogP) is 2.50. The van der Waals surface area contributed by atoms with Crippen molar-refractivity contribution in [2.75, 3.05) is 19.8 Å². The molecule has 0 aliphatic carbocycles. The van der Waals surface area contributed by atoms with Crippen molar-refractivity contribution in [1.82, 2.24) is 15.3 Å². The summed E-state index contributed by atoms with van der Waals surface area (Å²) in [6.45, 7) is 2.61. The molecule has 0 saturated carbocycles. The maximum atomic E-state index is 12.2. The number of hydrogen-bond donors (Lipinski definition) is 2. The van der Waals surface area contributed by atoms with Gasteiger partial charge in [0.05, 0.1) is 12.6 Å². The second kappa shape index (κ2) is 7.98. The lowest BCUT2D eigenvalue weighted by atomic mass is 10.0. The maximum absolute atomic E-state index is 12.2. The molecule has 7 nitrogen and oxygen atoms in total. The molecule has 4 rings (SSSR count). The van der Waals surface area contributed by atoms with Gasteiger partial charge in [-0.1, -0.05) is 11.6 Å². The summed E-state index contributed by atoms with van der Waals surface area (Å²) >= 11 is 0. The van der Waals surface area contributed by atoms with Crippen molar-refractivity contribution in [1.29, 1.82) is 0 Å². The predicted molar refractivity (Wildman–Crippen MR) is 104 cm³/mol. The van der Waals surface area contributed by atoms with Crippen LogP contribution in [0.4, 0.5) is 0 Å². The largest absolute Gasteiger partial charge is 0.487 e. The highest BCUT2D eigenvalue weighted by atomic mass is 16.5. The number of ether oxygens (including phenoxy) is 2. The Morgan fingerprint density at radius 3 is 3.18 bits per heavy atom. The molecule has 0 aromatic carbocycles. The van der Waals surface area contributed by atoms with Crippen LogP contribution in [0.3, 0.4) is 0 Å². The van der Waals surface area contributed by atoms with Crippen LogP contribution >= 0.6 is 0 Å². The third kappa shape index (κ3) is 3.57. The highest BCUT2D eigenvalue weighted by Gasteiger charge is 2.36. The van der Waals surface area contributed by atoms with Crippen molar-refractivity contribution in [3.05, 3.63) is 47.0 Å². The van der Waals surface area contributed by atoms with Crippen LogP contribution in [0.1, 0.15) is 31.7 Å². The quantitative estimate of drug-likeness (QED) is 0.624. The molecular formula is C21H23N3O4. The highest BCUT2D eigenvalue weighted by molar-refractivity contribution is 6.19. The fourth-order valence-electron chi connectivity index (χ4n) is 3.77. The Morgan fingerprint density at radius 2 is 2.32 bits per heavy atom. The molecule has 28 heavy (non-hydrogen) atoms. The molecule has 2 aliphatic heterocycles. The standard InChI is InChI=1S/C21H23N3O4/c1-2-27-21(26)18-17(25)12-28-19(18)16-6-5-13(7-9-22-16)10-14-11-24-20-15(14)4-3-8-23-20/h3-4,8,10-11,16,22H,2,5-7,9,12H2,1H3,(H,23,24)/b13-10+. The van der Waals surface area contributed by atoms with Gasteiger partial charge in [0, 0.05) is 23.3 Å². The number of nitrogens with one attached hydrogen (secondary N) is 2. The molecule has 1 atom stereocenters. The topological polar surface area (TPSA) is 93.3 Å². The Hall–Kier alpha value is -2.93. The Bertz CT molecular complexity index is 973. The van der Waals surface area contributed by atoms with E-state index in [1.807, 2.05) is 12.3 Å². The number of rotatable bonds is 4. The van der Waals surface area contributed by atoms with Crippen molar-refractivity contribution in [2.24, 2.45) is 0 Å². The number of carbonyl (C=O) groups is 2. The van der Waals surface area contributed by atoms with Gasteiger partial charge in [-0.2, -0.15) is 0 Å². The average molecular weight is 381 g/mol. The molecule has 1 unspecified atom stereocenters. The average Bonchev–Trinajstić information content (AvgIpc) is 3.19. The molecule has 0 radical (unpaired) electrons. The first kappa shape index (κ1) is 18.4. The van der Waals surface area contributed by atoms with Gasteiger partial charge in [-0.15, -0.1) is 0 Å². The van der Waals surface area contributed by atoms with E-state index in [9.17, 15) is 9.59 Å². The lowest BCUT2D eigenvalue weighted by Crippen LogP contribution is -2.31. The number of pyridine rings is 1. The van der Waals surface area contributed by atoms with Gasteiger partial charge in [0.25, 0.3) is 0 Å². The first-order valence-corrected chi connectivity index (χ1v) is 9.59. The zero-order chi connectivity index (χ0) is 19.5. The van der Waals surface area contributed by atoms with Crippen LogP contribution < -0.4 is 5.32 Å². The smallest absolute Gasteiger partial charge is 0.345 e. The summed E-state index contributed by atoms with van der Waals surface area (Å²) in [6, 6.07) is 3.82. The van der Waals surface area contributed by atoms with Crippen LogP contribution in [0.25, 0.3) is 17.1 Å². The molecule has 1 fully saturated rings. The van der Waals surface area contributed by atoms with Gasteiger partial charge >= 0.3 is 5.97 Å². The van der Waals surface area contributed by atoms with Crippen LogP contribution in [-0.2, 0) is 19.1 Å². The number of esters is 1. The van der Waals surface area contributed by atoms with E-state index in [0.29, 0.717) is 5.76 Å². The minimum absolute atomic E-state index is 0.0643. The third-order valence-electron chi connectivity index (χ3n) is 5.11. The van der Waals surface area contributed by atoms with Gasteiger partial charge in [-0.25, -0.2) is 9.78 Å². The SMILES string of the molecule is CCOC(=O)C1=C(C2CC/C(=C\c3c[nH]c4ncccc34)CCN2)OCC1=O. The van der Waals surface area contributed by atoms with Crippen molar-refractivity contribution >= 4 is 28.9 Å². The summed E-state index contributed by atoms with van der Waals surface area (Å²) in [5.74, 6) is -0.462. The summed E-state index contributed by atoms with van der Waals surface area (Å²) in [4.78, 5) is 31.8. The minimum atomic E-state index is -0.590. The van der Waals surface area contributed by atoms with E-state index in [4.69, 9.17) is 9.47 Å². The van der Waals surface area contributed by atoms with Gasteiger partial charge in [0.2, 0.25) is 5.78 Å². The highest BCUT2D eigenvalue weighted by Crippen LogP contribution is 2.28. The number of aromatic amines is 1. The Kier molecular flexibility index (Phi) is 5.25. The second-order valence-electron chi connectivity index (χ2n) is 6.91. The summed E-state index contributed by atoms with van der Waals surface area (Å²) < 4.78 is 10.6. The first-order chi connectivity index (χ1) is 13.7. The molecule has 2 aromatic rings. The van der Waals surface area contributed by atoms with Gasteiger partial charge in [0.15, 0.2) is 6.61 Å². The normalized spacial score (nSPS) is 21.8. The zero-order valence-electron chi connectivity index (χ0n) is 15.8. The lowest BCUT2D eigenvalue weighted by molar-refractivity contribution is -0.139. The number of hydrogen-bond acceptors (Lipinski definition) is 6. The van der Waals surface area contributed by atoms with Crippen molar-refractivity contribution in [3.63, 3.8) is 0 Å². The van der Waals surface area contributed by atoms with Crippen LogP contribution in [-0.4, -0.2) is 47.5 Å². The van der Waals surface area contributed by atoms with E-state index in [0.717, 1.165) is 42.4 Å². The number of nitrogens with zero attached hydrogens (tertiary/aromatic N) is 1. The van der Waals surface area contributed by atoms with Crippen molar-refractivity contribution in [3.8, 4) is 0 Å². The summed E-state index contributed by atoms with van der Waals surface area (Å²) in [6.07, 6.45) is 8.43. The molecule has 146 valence electrons. The van der Waals surface area contributed by atoms with Gasteiger partial charge in [-0.3, -0.25) is 4.79 Å². The van der Waals surface area contributed by atoms with Gasteiger partial charge < -0.3 is 19.8 Å². The molecule has 2 aliphatic rings. The number of carbonyl (C=O) groups excluding carboxylic acids is 2. The van der Waals surface area contributed by atoms with Crippen molar-refractivity contribution < 1.29 is 19.1 Å². The number of Topliss-reactive ketones (excluding diaryl/α,β-unsaturated/α-hetero) is 1. The van der Waals surface area contributed by atoms with Crippen molar-refractivity contribution in [2.45, 2.75) is 32.2 Å². The summed E-state index contributed by atoms with van der Waals surface area (Å²) in [5.41, 5.74) is 3.37. The second-order valence-corrected chi connectivity index (χ2v) is 6.91. The van der Waals surface area contributed by atoms with Crippen LogP contribution in [0.2, 0.25) is 0 Å². The molecule has 0 spiro atoms. The number of aromatic nitrogens is 2. The monoisotopic (exact) mass is 381 g/mol. The zero-order valence-corrected chi connectivity index (χ0v) is 15.8. The summed E-state index contributed by atoms with van der Waals surface area (Å²) in [7, 11) is 0. The van der Waals surface area contributed by atoms with Crippen LogP contribution in [0.15, 0.2) is 41.4 Å². The van der Waals surface area contributed by atoms with Crippen LogP contribution in [0, 0.1) is 0 Å². The van der Waals surface area contributed by atoms with E-state index in [1.54, 1.807) is 13.1 Å². The molecule has 4 heterocycles. The van der Waals surface area contributed by atoms with E-state index < -0.39 is 5.97 Å². The fraction of sp³-hybridized carbons (Fsp3) is 0.381. The number of fused-ring (bicyclic) bond motifs is 1. The van der Waals surface area contributed by atoms with E-state index in [-0.39, 0.29) is 30.6 Å². The maximum Gasteiger partial charge on any atom is 0.345 e. The lowest BCUT2D eigenvalue weighted by Gasteiger charge is -2.17. The summed E-state index contributed by atoms with van der Waals surface area (Å²) in [5, 5.41) is 4.51. The Balaban J connectivity index is 1.54. The number of ketones is 1. The molecule has 0 amide bonds. The van der Waals surface area contributed by atoms with Gasteiger partial charge in [0.1, 0.15) is 17.0 Å². The van der Waals surface area contributed by atoms with E-state index in [1.165, 1.54) is 5.57 Å². The first-order valence-electron chi connectivity index (χ1n) is 9.59. The molecule has 2 aromatic heterocycles. The van der Waals surface area contributed by atoms with E-state index in [2.05, 4.69) is 27.4 Å².